The lowest BCUT2D eigenvalue weighted by Crippen LogP contribution is -2.22. The van der Waals surface area contributed by atoms with Crippen molar-refractivity contribution < 1.29 is 4.92 Å². The van der Waals surface area contributed by atoms with Gasteiger partial charge in [-0.2, -0.15) is 0 Å². The second kappa shape index (κ2) is 4.51. The third-order valence-electron chi connectivity index (χ3n) is 3.30. The number of nitro benzene ring substituents is 1. The van der Waals surface area contributed by atoms with Crippen LogP contribution < -0.4 is 5.32 Å². The predicted octanol–water partition coefficient (Wildman–Crippen LogP) is 3.20. The van der Waals surface area contributed by atoms with Crippen LogP contribution in [0.25, 0.3) is 0 Å². The highest BCUT2D eigenvalue weighted by molar-refractivity contribution is 5.61. The van der Waals surface area contributed by atoms with Gasteiger partial charge >= 0.3 is 0 Å². The highest BCUT2D eigenvalue weighted by Gasteiger charge is 2.25. The van der Waals surface area contributed by atoms with Gasteiger partial charge in [0.2, 0.25) is 0 Å². The van der Waals surface area contributed by atoms with Crippen LogP contribution >= 0.6 is 0 Å². The smallest absolute Gasteiger partial charge is 0.292 e. The highest BCUT2D eigenvalue weighted by atomic mass is 16.6. The van der Waals surface area contributed by atoms with Crippen LogP contribution in [0.1, 0.15) is 26.2 Å². The second-order valence-corrected chi connectivity index (χ2v) is 4.43. The number of nitro groups is 1. The number of nitrogens with zero attached hydrogens (tertiary/aromatic N) is 1. The van der Waals surface area contributed by atoms with E-state index in [9.17, 15) is 10.1 Å². The summed E-state index contributed by atoms with van der Waals surface area (Å²) >= 11 is 0. The molecule has 16 heavy (non-hydrogen) atoms. The van der Waals surface area contributed by atoms with Crippen molar-refractivity contribution in [2.24, 2.45) is 5.92 Å². The van der Waals surface area contributed by atoms with Crippen LogP contribution in [0.5, 0.6) is 0 Å². The molecule has 4 heteroatoms. The van der Waals surface area contributed by atoms with Gasteiger partial charge in [0, 0.05) is 12.1 Å². The average molecular weight is 220 g/mol. The summed E-state index contributed by atoms with van der Waals surface area (Å²) in [5, 5.41) is 14.1. The molecule has 0 radical (unpaired) electrons. The quantitative estimate of drug-likeness (QED) is 0.628. The van der Waals surface area contributed by atoms with Crippen LogP contribution in [-0.2, 0) is 0 Å². The molecule has 1 aliphatic rings. The number of nitrogens with one attached hydrogen (secondary N) is 1. The molecule has 1 aliphatic carbocycles. The van der Waals surface area contributed by atoms with Crippen LogP contribution in [0.4, 0.5) is 11.4 Å². The van der Waals surface area contributed by atoms with Crippen molar-refractivity contribution in [1.29, 1.82) is 0 Å². The molecule has 2 unspecified atom stereocenters. The molecule has 0 spiro atoms. The van der Waals surface area contributed by atoms with Crippen molar-refractivity contribution in [1.82, 2.24) is 0 Å². The fourth-order valence-corrected chi connectivity index (χ4v) is 2.31. The average Bonchev–Trinajstić information content (AvgIpc) is 2.65. The molecule has 0 aromatic heterocycles. The van der Waals surface area contributed by atoms with E-state index in [-0.39, 0.29) is 10.6 Å². The standard InChI is InChI=1S/C12H16N2O2/c1-9-5-4-7-10(9)13-11-6-2-3-8-12(11)14(15)16/h2-3,6,8-10,13H,4-5,7H2,1H3. The molecule has 1 saturated carbocycles. The lowest BCUT2D eigenvalue weighted by Gasteiger charge is -2.18. The first kappa shape index (κ1) is 10.9. The van der Waals surface area contributed by atoms with Crippen molar-refractivity contribution in [3.63, 3.8) is 0 Å². The van der Waals surface area contributed by atoms with E-state index in [2.05, 4.69) is 12.2 Å². The summed E-state index contributed by atoms with van der Waals surface area (Å²) in [5.74, 6) is 0.597. The minimum atomic E-state index is -0.331. The van der Waals surface area contributed by atoms with E-state index in [1.54, 1.807) is 18.2 Å². The first-order valence-electron chi connectivity index (χ1n) is 5.68. The van der Waals surface area contributed by atoms with Crippen LogP contribution in [0.2, 0.25) is 0 Å². The number of para-hydroxylation sites is 2. The summed E-state index contributed by atoms with van der Waals surface area (Å²) < 4.78 is 0. The Kier molecular flexibility index (Phi) is 3.08. The number of hydrogen-bond acceptors (Lipinski definition) is 3. The Bertz CT molecular complexity index is 392. The number of rotatable bonds is 3. The molecule has 1 aromatic rings. The van der Waals surface area contributed by atoms with Crippen LogP contribution in [0.15, 0.2) is 24.3 Å². The molecule has 0 saturated heterocycles. The van der Waals surface area contributed by atoms with Gasteiger partial charge in [-0.15, -0.1) is 0 Å². The molecular weight excluding hydrogens is 204 g/mol. The Morgan fingerprint density at radius 3 is 2.75 bits per heavy atom. The lowest BCUT2D eigenvalue weighted by molar-refractivity contribution is -0.384. The van der Waals surface area contributed by atoms with Crippen LogP contribution in [-0.4, -0.2) is 11.0 Å². The summed E-state index contributed by atoms with van der Waals surface area (Å²) in [6, 6.07) is 7.22. The zero-order valence-electron chi connectivity index (χ0n) is 9.35. The fraction of sp³-hybridized carbons (Fsp3) is 0.500. The van der Waals surface area contributed by atoms with Crippen molar-refractivity contribution in [3.8, 4) is 0 Å². The Hall–Kier alpha value is -1.58. The van der Waals surface area contributed by atoms with E-state index >= 15 is 0 Å². The number of hydrogen-bond donors (Lipinski definition) is 1. The molecule has 2 atom stereocenters. The van der Waals surface area contributed by atoms with Gasteiger partial charge < -0.3 is 5.32 Å². The van der Waals surface area contributed by atoms with Crippen LogP contribution in [0, 0.1) is 16.0 Å². The fourth-order valence-electron chi connectivity index (χ4n) is 2.31. The van der Waals surface area contributed by atoms with E-state index in [0.29, 0.717) is 17.6 Å². The van der Waals surface area contributed by atoms with E-state index < -0.39 is 0 Å². The van der Waals surface area contributed by atoms with Gasteiger partial charge in [0.25, 0.3) is 5.69 Å². The van der Waals surface area contributed by atoms with Crippen molar-refractivity contribution in [3.05, 3.63) is 34.4 Å². The van der Waals surface area contributed by atoms with Gasteiger partial charge in [-0.3, -0.25) is 10.1 Å². The SMILES string of the molecule is CC1CCCC1Nc1ccccc1[N+](=O)[O-]. The molecule has 0 bridgehead atoms. The molecule has 1 aromatic carbocycles. The van der Waals surface area contributed by atoms with E-state index in [1.165, 1.54) is 12.8 Å². The minimum absolute atomic E-state index is 0.168. The Morgan fingerprint density at radius 1 is 1.38 bits per heavy atom. The molecular formula is C12H16N2O2. The molecule has 86 valence electrons. The molecule has 1 fully saturated rings. The van der Waals surface area contributed by atoms with Gasteiger partial charge in [-0.25, -0.2) is 0 Å². The molecule has 0 aliphatic heterocycles. The second-order valence-electron chi connectivity index (χ2n) is 4.43. The van der Waals surface area contributed by atoms with E-state index in [4.69, 9.17) is 0 Å². The lowest BCUT2D eigenvalue weighted by atomic mass is 10.1. The third-order valence-corrected chi connectivity index (χ3v) is 3.30. The maximum Gasteiger partial charge on any atom is 0.292 e. The van der Waals surface area contributed by atoms with Gasteiger partial charge in [-0.1, -0.05) is 25.5 Å². The van der Waals surface area contributed by atoms with Crippen molar-refractivity contribution in [2.45, 2.75) is 32.2 Å². The van der Waals surface area contributed by atoms with Crippen LogP contribution in [0.3, 0.4) is 0 Å². The maximum absolute atomic E-state index is 10.8. The zero-order chi connectivity index (χ0) is 11.5. The minimum Gasteiger partial charge on any atom is -0.376 e. The van der Waals surface area contributed by atoms with E-state index in [0.717, 1.165) is 6.42 Å². The highest BCUT2D eigenvalue weighted by Crippen LogP contribution is 2.31. The van der Waals surface area contributed by atoms with Crippen molar-refractivity contribution in [2.75, 3.05) is 5.32 Å². The summed E-state index contributed by atoms with van der Waals surface area (Å²) in [6.07, 6.45) is 3.52. The molecule has 0 heterocycles. The van der Waals surface area contributed by atoms with Gasteiger partial charge in [0.1, 0.15) is 5.69 Å². The Balaban J connectivity index is 2.17. The number of anilines is 1. The van der Waals surface area contributed by atoms with Gasteiger partial charge in [-0.05, 0) is 24.8 Å². The normalized spacial score (nSPS) is 24.3. The monoisotopic (exact) mass is 220 g/mol. The zero-order valence-corrected chi connectivity index (χ0v) is 9.35. The van der Waals surface area contributed by atoms with E-state index in [1.807, 2.05) is 6.07 Å². The van der Waals surface area contributed by atoms with Gasteiger partial charge in [0.15, 0.2) is 0 Å². The van der Waals surface area contributed by atoms with Gasteiger partial charge in [0.05, 0.1) is 4.92 Å². The Morgan fingerprint density at radius 2 is 2.12 bits per heavy atom. The molecule has 2 rings (SSSR count). The summed E-state index contributed by atoms with van der Waals surface area (Å²) in [7, 11) is 0. The Labute approximate surface area is 94.8 Å². The first-order chi connectivity index (χ1) is 7.68. The maximum atomic E-state index is 10.8. The van der Waals surface area contributed by atoms with Crippen molar-refractivity contribution >= 4 is 11.4 Å². The summed E-state index contributed by atoms with van der Waals surface area (Å²) in [5.41, 5.74) is 0.813. The predicted molar refractivity (Wildman–Crippen MR) is 63.5 cm³/mol. The largest absolute Gasteiger partial charge is 0.376 e. The summed E-state index contributed by atoms with van der Waals surface area (Å²) in [4.78, 5) is 10.5. The summed E-state index contributed by atoms with van der Waals surface area (Å²) in [6.45, 7) is 2.19. The molecule has 1 N–H and O–H groups in total. The topological polar surface area (TPSA) is 55.2 Å². The molecule has 0 amide bonds. The molecule has 4 nitrogen and oxygen atoms in total. The first-order valence-corrected chi connectivity index (χ1v) is 5.68. The third kappa shape index (κ3) is 2.15. The number of benzene rings is 1.